The van der Waals surface area contributed by atoms with E-state index >= 15 is 0 Å². The Morgan fingerprint density at radius 2 is 1.75 bits per heavy atom. The quantitative estimate of drug-likeness (QED) is 0.791. The Morgan fingerprint density at radius 3 is 2.25 bits per heavy atom. The van der Waals surface area contributed by atoms with Gasteiger partial charge in [0.2, 0.25) is 4.33 Å². The zero-order chi connectivity index (χ0) is 17.6. The third-order valence-electron chi connectivity index (χ3n) is 3.87. The Kier molecular flexibility index (Phi) is 4.44. The molecule has 8 heteroatoms. The average Bonchev–Trinajstić information content (AvgIpc) is 3.03. The van der Waals surface area contributed by atoms with Gasteiger partial charge in [0.05, 0.1) is 10.6 Å². The van der Waals surface area contributed by atoms with Crippen molar-refractivity contribution in [2.45, 2.75) is 25.1 Å². The van der Waals surface area contributed by atoms with E-state index in [1.165, 1.54) is 30.4 Å². The Balaban J connectivity index is 2.08. The van der Waals surface area contributed by atoms with Crippen molar-refractivity contribution < 1.29 is 9.59 Å². The summed E-state index contributed by atoms with van der Waals surface area (Å²) in [5.74, 6) is -0.0899. The van der Waals surface area contributed by atoms with Gasteiger partial charge in [0.25, 0.3) is 0 Å². The van der Waals surface area contributed by atoms with E-state index in [1.807, 2.05) is 31.0 Å². The van der Waals surface area contributed by atoms with Gasteiger partial charge in [-0.1, -0.05) is 23.4 Å². The Labute approximate surface area is 154 Å². The van der Waals surface area contributed by atoms with Crippen LogP contribution in [0.15, 0.2) is 40.0 Å². The molecule has 1 spiro atoms. The van der Waals surface area contributed by atoms with Crippen LogP contribution in [-0.4, -0.2) is 32.9 Å². The molecule has 1 aromatic rings. The van der Waals surface area contributed by atoms with Crippen molar-refractivity contribution in [1.82, 2.24) is 4.90 Å². The van der Waals surface area contributed by atoms with Crippen molar-refractivity contribution in [2.75, 3.05) is 12.1 Å². The molecule has 1 aromatic carbocycles. The summed E-state index contributed by atoms with van der Waals surface area (Å²) in [5.41, 5.74) is 1.68. The average molecular weight is 382 g/mol. The van der Waals surface area contributed by atoms with Crippen LogP contribution in [-0.2, 0) is 9.59 Å². The number of rotatable bonds is 3. The lowest BCUT2D eigenvalue weighted by Gasteiger charge is -2.39. The molecule has 0 aliphatic carbocycles. The highest BCUT2D eigenvalue weighted by molar-refractivity contribution is 8.28. The summed E-state index contributed by atoms with van der Waals surface area (Å²) in [6.07, 6.45) is 0. The second kappa shape index (κ2) is 6.13. The van der Waals surface area contributed by atoms with Gasteiger partial charge in [-0.3, -0.25) is 9.59 Å². The van der Waals surface area contributed by atoms with Crippen LogP contribution in [0.5, 0.6) is 0 Å². The number of carbonyl (C=O) groups excluding carboxylic acids is 2. The fourth-order valence-electron chi connectivity index (χ4n) is 2.53. The van der Waals surface area contributed by atoms with Crippen LogP contribution < -0.4 is 5.01 Å². The highest BCUT2D eigenvalue weighted by Gasteiger charge is 2.55. The maximum atomic E-state index is 12.0. The van der Waals surface area contributed by atoms with E-state index in [0.717, 1.165) is 11.4 Å². The summed E-state index contributed by atoms with van der Waals surface area (Å²) in [6.45, 7) is 4.96. The molecule has 0 radical (unpaired) electrons. The normalized spacial score (nSPS) is 23.3. The van der Waals surface area contributed by atoms with Crippen LogP contribution in [0.3, 0.4) is 0 Å². The van der Waals surface area contributed by atoms with Crippen LogP contribution in [0.2, 0.25) is 5.02 Å². The molecule has 5 nitrogen and oxygen atoms in total. The van der Waals surface area contributed by atoms with Gasteiger partial charge in [-0.25, -0.2) is 5.01 Å². The van der Waals surface area contributed by atoms with Crippen molar-refractivity contribution in [3.05, 3.63) is 39.9 Å². The molecule has 2 aliphatic rings. The Hall–Kier alpha value is -1.44. The lowest BCUT2D eigenvalue weighted by Crippen LogP contribution is -2.47. The monoisotopic (exact) mass is 381 g/mol. The summed E-state index contributed by atoms with van der Waals surface area (Å²) in [5, 5.41) is 7.35. The predicted octanol–water partition coefficient (Wildman–Crippen LogP) is 3.91. The third-order valence-corrected chi connectivity index (χ3v) is 7.40. The van der Waals surface area contributed by atoms with Gasteiger partial charge in [0.15, 0.2) is 16.6 Å². The third kappa shape index (κ3) is 2.64. The maximum Gasteiger partial charge on any atom is 0.241 e. The number of hydrogen-bond acceptors (Lipinski definition) is 7. The minimum Gasteiger partial charge on any atom is -0.335 e. The van der Waals surface area contributed by atoms with E-state index in [-0.39, 0.29) is 11.6 Å². The molecular formula is C16H16ClN3O2S2. The Bertz CT molecular complexity index is 791. The van der Waals surface area contributed by atoms with Gasteiger partial charge in [-0.15, -0.1) is 0 Å². The van der Waals surface area contributed by atoms with Crippen LogP contribution in [0.4, 0.5) is 5.69 Å². The van der Waals surface area contributed by atoms with E-state index in [1.54, 1.807) is 24.1 Å². The highest BCUT2D eigenvalue weighted by atomic mass is 35.5. The largest absolute Gasteiger partial charge is 0.335 e. The smallest absolute Gasteiger partial charge is 0.241 e. The van der Waals surface area contributed by atoms with Crippen molar-refractivity contribution in [1.29, 1.82) is 0 Å². The van der Waals surface area contributed by atoms with Gasteiger partial charge in [0.1, 0.15) is 0 Å². The van der Waals surface area contributed by atoms with Crippen LogP contribution in [0, 0.1) is 0 Å². The fourth-order valence-corrected chi connectivity index (χ4v) is 5.53. The van der Waals surface area contributed by atoms with Gasteiger partial charge in [-0.2, -0.15) is 5.10 Å². The molecule has 3 rings (SSSR count). The molecule has 2 heterocycles. The van der Waals surface area contributed by atoms with E-state index in [9.17, 15) is 9.59 Å². The SMILES string of the molecule is CC(=O)C1=NN(c2ccc(Cl)cc2)[C@]2(S1)SC(C(C)=O)=C(C)N2C. The van der Waals surface area contributed by atoms with Gasteiger partial charge >= 0.3 is 0 Å². The molecule has 0 N–H and O–H groups in total. The van der Waals surface area contributed by atoms with Crippen LogP contribution >= 0.6 is 35.1 Å². The number of hydrogen-bond donors (Lipinski definition) is 0. The van der Waals surface area contributed by atoms with Crippen molar-refractivity contribution in [2.24, 2.45) is 5.10 Å². The molecule has 0 unspecified atom stereocenters. The minimum absolute atomic E-state index is 0.00848. The first-order valence-electron chi connectivity index (χ1n) is 7.25. The first kappa shape index (κ1) is 17.4. The summed E-state index contributed by atoms with van der Waals surface area (Å²) < 4.78 is -0.722. The van der Waals surface area contributed by atoms with Crippen molar-refractivity contribution >= 4 is 57.4 Å². The number of thioether (sulfide) groups is 2. The van der Waals surface area contributed by atoms with E-state index in [2.05, 4.69) is 5.10 Å². The molecule has 0 aromatic heterocycles. The number of hydrazone groups is 1. The lowest BCUT2D eigenvalue weighted by atomic mass is 10.3. The molecule has 2 aliphatic heterocycles. The molecule has 0 amide bonds. The van der Waals surface area contributed by atoms with E-state index in [0.29, 0.717) is 15.0 Å². The number of nitrogens with zero attached hydrogens (tertiary/aromatic N) is 3. The minimum atomic E-state index is -0.722. The standard InChI is InChI=1S/C16H16ClN3O2S2/c1-9-14(10(2)21)23-16(19(9)4)20(18-15(24-16)11(3)22)13-7-5-12(17)6-8-13/h5-8H,1-4H3/t16-/m0/s1. The van der Waals surface area contributed by atoms with Crippen molar-refractivity contribution in [3.8, 4) is 0 Å². The highest BCUT2D eigenvalue weighted by Crippen LogP contribution is 2.58. The number of ketones is 2. The summed E-state index contributed by atoms with van der Waals surface area (Å²) in [6, 6.07) is 7.27. The van der Waals surface area contributed by atoms with Crippen LogP contribution in [0.25, 0.3) is 0 Å². The molecule has 0 bridgehead atoms. The molecule has 0 saturated carbocycles. The van der Waals surface area contributed by atoms with E-state index < -0.39 is 4.33 Å². The van der Waals surface area contributed by atoms with Gasteiger partial charge < -0.3 is 4.90 Å². The zero-order valence-corrected chi connectivity index (χ0v) is 16.1. The summed E-state index contributed by atoms with van der Waals surface area (Å²) in [7, 11) is 1.91. The van der Waals surface area contributed by atoms with Crippen LogP contribution in [0.1, 0.15) is 20.8 Å². The van der Waals surface area contributed by atoms with Crippen molar-refractivity contribution in [3.63, 3.8) is 0 Å². The molecule has 1 atom stereocenters. The first-order valence-corrected chi connectivity index (χ1v) is 9.26. The van der Waals surface area contributed by atoms with E-state index in [4.69, 9.17) is 11.6 Å². The predicted molar refractivity (Wildman–Crippen MR) is 101 cm³/mol. The lowest BCUT2D eigenvalue weighted by molar-refractivity contribution is -0.113. The number of allylic oxidation sites excluding steroid dienone is 2. The van der Waals surface area contributed by atoms with Gasteiger partial charge in [-0.05, 0) is 49.9 Å². The molecule has 126 valence electrons. The Morgan fingerprint density at radius 1 is 1.12 bits per heavy atom. The molecule has 24 heavy (non-hydrogen) atoms. The molecule has 0 fully saturated rings. The summed E-state index contributed by atoms with van der Waals surface area (Å²) >= 11 is 8.76. The second-order valence-electron chi connectivity index (χ2n) is 5.53. The summed E-state index contributed by atoms with van der Waals surface area (Å²) in [4.78, 5) is 26.6. The number of carbonyl (C=O) groups is 2. The number of Topliss-reactive ketones (excluding diaryl/α,β-unsaturated/α-hetero) is 2. The molecular weight excluding hydrogens is 366 g/mol. The van der Waals surface area contributed by atoms with Gasteiger partial charge in [0, 0.05) is 24.7 Å². The first-order chi connectivity index (χ1) is 11.3. The topological polar surface area (TPSA) is 53.0 Å². The number of anilines is 1. The second-order valence-corrected chi connectivity index (χ2v) is 8.57. The zero-order valence-electron chi connectivity index (χ0n) is 13.7. The fraction of sp³-hybridized carbons (Fsp3) is 0.312. The maximum absolute atomic E-state index is 12.0. The number of halogens is 1. The number of benzene rings is 1. The molecule has 0 saturated heterocycles.